The quantitative estimate of drug-likeness (QED) is 0.854. The number of rotatable bonds is 4. The molecule has 0 radical (unpaired) electrons. The van der Waals surface area contributed by atoms with Gasteiger partial charge in [0.2, 0.25) is 0 Å². The van der Waals surface area contributed by atoms with Crippen LogP contribution >= 0.6 is 0 Å². The van der Waals surface area contributed by atoms with Gasteiger partial charge in [0.15, 0.2) is 0 Å². The Hall–Kier alpha value is -1.61. The van der Waals surface area contributed by atoms with Crippen LogP contribution in [0.15, 0.2) is 40.9 Å². The van der Waals surface area contributed by atoms with E-state index >= 15 is 0 Å². The Morgan fingerprint density at radius 1 is 1.31 bits per heavy atom. The summed E-state index contributed by atoms with van der Waals surface area (Å²) in [7, 11) is 0. The lowest BCUT2D eigenvalue weighted by atomic mass is 10.2. The standard InChI is InChI=1S/C13H16N2O/c1-10-8-13(15-16-10)11(2)14-9-12-6-4-3-5-7-12/h3-8,11,14H,9H2,1-2H3. The van der Waals surface area contributed by atoms with Crippen molar-refractivity contribution in [2.24, 2.45) is 0 Å². The van der Waals surface area contributed by atoms with E-state index in [1.165, 1.54) is 5.56 Å². The Morgan fingerprint density at radius 3 is 2.69 bits per heavy atom. The number of aryl methyl sites for hydroxylation is 1. The summed E-state index contributed by atoms with van der Waals surface area (Å²) >= 11 is 0. The van der Waals surface area contributed by atoms with Crippen molar-refractivity contribution in [1.29, 1.82) is 0 Å². The van der Waals surface area contributed by atoms with E-state index in [4.69, 9.17) is 4.52 Å². The summed E-state index contributed by atoms with van der Waals surface area (Å²) < 4.78 is 5.05. The molecule has 16 heavy (non-hydrogen) atoms. The summed E-state index contributed by atoms with van der Waals surface area (Å²) in [6.45, 7) is 4.83. The van der Waals surface area contributed by atoms with Gasteiger partial charge in [-0.25, -0.2) is 0 Å². The Balaban J connectivity index is 1.91. The van der Waals surface area contributed by atoms with Crippen LogP contribution in [0.5, 0.6) is 0 Å². The van der Waals surface area contributed by atoms with Crippen molar-refractivity contribution in [3.8, 4) is 0 Å². The van der Waals surface area contributed by atoms with Gasteiger partial charge in [-0.2, -0.15) is 0 Å². The van der Waals surface area contributed by atoms with Crippen molar-refractivity contribution >= 4 is 0 Å². The molecule has 3 nitrogen and oxygen atoms in total. The maximum Gasteiger partial charge on any atom is 0.133 e. The number of hydrogen-bond acceptors (Lipinski definition) is 3. The average Bonchev–Trinajstić information content (AvgIpc) is 2.74. The zero-order valence-corrected chi connectivity index (χ0v) is 9.60. The molecular weight excluding hydrogens is 200 g/mol. The first kappa shape index (κ1) is 10.9. The molecule has 0 aliphatic carbocycles. The van der Waals surface area contributed by atoms with Gasteiger partial charge in [0.1, 0.15) is 11.5 Å². The van der Waals surface area contributed by atoms with E-state index < -0.39 is 0 Å². The summed E-state index contributed by atoms with van der Waals surface area (Å²) in [5.74, 6) is 0.850. The molecule has 0 saturated carbocycles. The van der Waals surface area contributed by atoms with Gasteiger partial charge < -0.3 is 9.84 Å². The maximum absolute atomic E-state index is 5.05. The van der Waals surface area contributed by atoms with E-state index in [0.29, 0.717) is 0 Å². The summed E-state index contributed by atoms with van der Waals surface area (Å²) in [4.78, 5) is 0. The molecular formula is C13H16N2O. The monoisotopic (exact) mass is 216 g/mol. The highest BCUT2D eigenvalue weighted by Gasteiger charge is 2.09. The van der Waals surface area contributed by atoms with Gasteiger partial charge in [0, 0.05) is 12.6 Å². The second kappa shape index (κ2) is 4.94. The number of nitrogens with one attached hydrogen (secondary N) is 1. The van der Waals surface area contributed by atoms with Crippen molar-refractivity contribution < 1.29 is 4.52 Å². The van der Waals surface area contributed by atoms with Crippen molar-refractivity contribution in [2.75, 3.05) is 0 Å². The summed E-state index contributed by atoms with van der Waals surface area (Å²) in [6, 6.07) is 12.5. The molecule has 0 bridgehead atoms. The van der Waals surface area contributed by atoms with Gasteiger partial charge in [-0.05, 0) is 19.4 Å². The normalized spacial score (nSPS) is 12.6. The predicted octanol–water partition coefficient (Wildman–Crippen LogP) is 2.83. The van der Waals surface area contributed by atoms with Crippen LogP contribution < -0.4 is 5.32 Å². The topological polar surface area (TPSA) is 38.1 Å². The predicted molar refractivity (Wildman–Crippen MR) is 62.9 cm³/mol. The summed E-state index contributed by atoms with van der Waals surface area (Å²) in [6.07, 6.45) is 0. The fraction of sp³-hybridized carbons (Fsp3) is 0.308. The van der Waals surface area contributed by atoms with Gasteiger partial charge >= 0.3 is 0 Å². The molecule has 0 amide bonds. The van der Waals surface area contributed by atoms with Crippen LogP contribution in [0, 0.1) is 6.92 Å². The van der Waals surface area contributed by atoms with Crippen LogP contribution in [0.3, 0.4) is 0 Å². The molecule has 1 unspecified atom stereocenters. The Labute approximate surface area is 95.5 Å². The molecule has 1 N–H and O–H groups in total. The van der Waals surface area contributed by atoms with Gasteiger partial charge in [0.05, 0.1) is 6.04 Å². The molecule has 1 atom stereocenters. The fourth-order valence-corrected chi connectivity index (χ4v) is 1.56. The van der Waals surface area contributed by atoms with Crippen LogP contribution in [0.1, 0.15) is 30.0 Å². The largest absolute Gasteiger partial charge is 0.361 e. The molecule has 1 aromatic heterocycles. The molecule has 0 fully saturated rings. The molecule has 0 spiro atoms. The number of hydrogen-bond donors (Lipinski definition) is 1. The molecule has 0 aliphatic rings. The highest BCUT2D eigenvalue weighted by Crippen LogP contribution is 2.12. The van der Waals surface area contributed by atoms with Crippen LogP contribution in [-0.4, -0.2) is 5.16 Å². The van der Waals surface area contributed by atoms with Crippen molar-refractivity contribution in [1.82, 2.24) is 10.5 Å². The minimum absolute atomic E-state index is 0.206. The van der Waals surface area contributed by atoms with Crippen molar-refractivity contribution in [3.63, 3.8) is 0 Å². The second-order valence-corrected chi connectivity index (χ2v) is 3.95. The molecule has 3 heteroatoms. The van der Waals surface area contributed by atoms with Gasteiger partial charge in [-0.3, -0.25) is 0 Å². The van der Waals surface area contributed by atoms with E-state index in [1.54, 1.807) is 0 Å². The fourth-order valence-electron chi connectivity index (χ4n) is 1.56. The lowest BCUT2D eigenvalue weighted by molar-refractivity contribution is 0.380. The van der Waals surface area contributed by atoms with Crippen LogP contribution in [0.4, 0.5) is 0 Å². The summed E-state index contributed by atoms with van der Waals surface area (Å²) in [5.41, 5.74) is 2.22. The molecule has 2 aromatic rings. The molecule has 2 rings (SSSR count). The minimum atomic E-state index is 0.206. The van der Waals surface area contributed by atoms with E-state index in [9.17, 15) is 0 Å². The van der Waals surface area contributed by atoms with Crippen molar-refractivity contribution in [2.45, 2.75) is 26.4 Å². The lowest BCUT2D eigenvalue weighted by Gasteiger charge is -2.10. The number of nitrogens with zero attached hydrogens (tertiary/aromatic N) is 1. The van der Waals surface area contributed by atoms with Crippen LogP contribution in [0.25, 0.3) is 0 Å². The van der Waals surface area contributed by atoms with Crippen molar-refractivity contribution in [3.05, 3.63) is 53.4 Å². The Kier molecular flexibility index (Phi) is 3.37. The first-order valence-electron chi connectivity index (χ1n) is 5.46. The highest BCUT2D eigenvalue weighted by molar-refractivity contribution is 5.15. The highest BCUT2D eigenvalue weighted by atomic mass is 16.5. The van der Waals surface area contributed by atoms with Crippen LogP contribution in [0.2, 0.25) is 0 Å². The average molecular weight is 216 g/mol. The third-order valence-electron chi connectivity index (χ3n) is 2.55. The Morgan fingerprint density at radius 2 is 2.06 bits per heavy atom. The zero-order chi connectivity index (χ0) is 11.4. The smallest absolute Gasteiger partial charge is 0.133 e. The van der Waals surface area contributed by atoms with Gasteiger partial charge in [-0.15, -0.1) is 0 Å². The number of aromatic nitrogens is 1. The van der Waals surface area contributed by atoms with Gasteiger partial charge in [0.25, 0.3) is 0 Å². The third-order valence-corrected chi connectivity index (χ3v) is 2.55. The van der Waals surface area contributed by atoms with E-state index in [0.717, 1.165) is 18.0 Å². The summed E-state index contributed by atoms with van der Waals surface area (Å²) in [5, 5.41) is 7.40. The molecule has 1 heterocycles. The first-order chi connectivity index (χ1) is 7.75. The van der Waals surface area contributed by atoms with Crippen LogP contribution in [-0.2, 0) is 6.54 Å². The molecule has 0 aliphatic heterocycles. The van der Waals surface area contributed by atoms with Gasteiger partial charge in [-0.1, -0.05) is 35.5 Å². The molecule has 0 saturated heterocycles. The molecule has 1 aromatic carbocycles. The Bertz CT molecular complexity index is 436. The van der Waals surface area contributed by atoms with E-state index in [-0.39, 0.29) is 6.04 Å². The lowest BCUT2D eigenvalue weighted by Crippen LogP contribution is -2.18. The SMILES string of the molecule is Cc1cc(C(C)NCc2ccccc2)no1. The third kappa shape index (κ3) is 2.70. The van der Waals surface area contributed by atoms with E-state index in [1.807, 2.05) is 31.2 Å². The second-order valence-electron chi connectivity index (χ2n) is 3.95. The van der Waals surface area contributed by atoms with E-state index in [2.05, 4.69) is 29.5 Å². The molecule has 84 valence electrons. The minimum Gasteiger partial charge on any atom is -0.361 e. The first-order valence-corrected chi connectivity index (χ1v) is 5.46. The maximum atomic E-state index is 5.05. The number of benzene rings is 1. The zero-order valence-electron chi connectivity index (χ0n) is 9.60.